The van der Waals surface area contributed by atoms with E-state index < -0.39 is 0 Å². The number of likely N-dealkylation sites (tertiary alicyclic amines) is 1. The minimum atomic E-state index is -0.242. The summed E-state index contributed by atoms with van der Waals surface area (Å²) in [6.07, 6.45) is 6.75. The van der Waals surface area contributed by atoms with Crippen molar-refractivity contribution in [1.29, 1.82) is 0 Å². The Morgan fingerprint density at radius 1 is 1.26 bits per heavy atom. The fraction of sp³-hybridized carbons (Fsp3) is 0.364. The van der Waals surface area contributed by atoms with Crippen LogP contribution >= 0.6 is 0 Å². The van der Waals surface area contributed by atoms with E-state index in [1.54, 1.807) is 18.8 Å². The third kappa shape index (κ3) is 3.35. The van der Waals surface area contributed by atoms with Gasteiger partial charge in [-0.2, -0.15) is 5.10 Å². The molecule has 4 heterocycles. The molecule has 4 aromatic rings. The number of H-pyrrole nitrogens is 1. The molecule has 0 spiro atoms. The Morgan fingerprint density at radius 3 is 2.84 bits per heavy atom. The lowest BCUT2D eigenvalue weighted by Crippen LogP contribution is -2.41. The van der Waals surface area contributed by atoms with Crippen LogP contribution < -0.4 is 10.3 Å². The van der Waals surface area contributed by atoms with Gasteiger partial charge in [-0.25, -0.2) is 4.98 Å². The molecule has 0 radical (unpaired) electrons. The van der Waals surface area contributed by atoms with Crippen molar-refractivity contribution in [3.8, 4) is 5.75 Å². The Bertz CT molecular complexity index is 1330. The van der Waals surface area contributed by atoms with Crippen molar-refractivity contribution in [3.05, 3.63) is 52.8 Å². The first-order chi connectivity index (χ1) is 15.0. The smallest absolute Gasteiger partial charge is 0.264 e. The number of aryl methyl sites for hydroxylation is 1. The number of ether oxygens (including phenoxy) is 1. The van der Waals surface area contributed by atoms with E-state index in [2.05, 4.69) is 27.3 Å². The van der Waals surface area contributed by atoms with E-state index in [4.69, 9.17) is 4.74 Å². The number of aromatic amines is 1. The first-order valence-electron chi connectivity index (χ1n) is 10.3. The Labute approximate surface area is 178 Å². The summed E-state index contributed by atoms with van der Waals surface area (Å²) in [7, 11) is 3.41. The zero-order valence-corrected chi connectivity index (χ0v) is 17.5. The molecule has 160 valence electrons. The van der Waals surface area contributed by atoms with Crippen LogP contribution in [0.15, 0.2) is 41.7 Å². The third-order valence-corrected chi connectivity index (χ3v) is 6.23. The average molecular weight is 420 g/mol. The van der Waals surface area contributed by atoms with Crippen LogP contribution in [-0.4, -0.2) is 55.3 Å². The van der Waals surface area contributed by atoms with Crippen molar-refractivity contribution in [2.75, 3.05) is 20.2 Å². The van der Waals surface area contributed by atoms with E-state index >= 15 is 0 Å². The second kappa shape index (κ2) is 7.57. The molecule has 1 N–H and O–H groups in total. The van der Waals surface area contributed by atoms with Crippen molar-refractivity contribution in [1.82, 2.24) is 29.2 Å². The normalized spacial score (nSPS) is 15.1. The van der Waals surface area contributed by atoms with E-state index in [1.807, 2.05) is 17.0 Å². The molecule has 0 bridgehead atoms. The fourth-order valence-electron chi connectivity index (χ4n) is 4.45. The number of hydrogen-bond donors (Lipinski definition) is 1. The molecule has 5 rings (SSSR count). The third-order valence-electron chi connectivity index (χ3n) is 6.23. The molecule has 1 aliphatic rings. The maximum atomic E-state index is 12.8. The number of hydrogen-bond acceptors (Lipinski definition) is 5. The molecule has 1 amide bonds. The topological polar surface area (TPSA) is 98.0 Å². The number of methoxy groups -OCH3 is 1. The molecule has 1 saturated heterocycles. The van der Waals surface area contributed by atoms with Crippen LogP contribution in [-0.2, 0) is 18.4 Å². The highest BCUT2D eigenvalue weighted by atomic mass is 16.5. The minimum Gasteiger partial charge on any atom is -0.497 e. The maximum Gasteiger partial charge on any atom is 0.264 e. The number of aromatic nitrogens is 5. The highest BCUT2D eigenvalue weighted by Gasteiger charge is 2.26. The molecular formula is C22H24N6O3. The summed E-state index contributed by atoms with van der Waals surface area (Å²) in [5.41, 5.74) is 2.63. The van der Waals surface area contributed by atoms with E-state index in [9.17, 15) is 9.59 Å². The van der Waals surface area contributed by atoms with Gasteiger partial charge in [0, 0.05) is 37.2 Å². The Hall–Kier alpha value is -3.62. The molecule has 31 heavy (non-hydrogen) atoms. The van der Waals surface area contributed by atoms with E-state index in [0.29, 0.717) is 30.0 Å². The quantitative estimate of drug-likeness (QED) is 0.545. The van der Waals surface area contributed by atoms with Gasteiger partial charge in [0.2, 0.25) is 5.91 Å². The van der Waals surface area contributed by atoms with Crippen molar-refractivity contribution in [2.24, 2.45) is 7.05 Å². The molecule has 1 aliphatic heterocycles. The highest BCUT2D eigenvalue weighted by Crippen LogP contribution is 2.34. The lowest BCUT2D eigenvalue weighted by molar-refractivity contribution is -0.132. The summed E-state index contributed by atoms with van der Waals surface area (Å²) >= 11 is 0. The number of nitrogens with one attached hydrogen (secondary N) is 1. The van der Waals surface area contributed by atoms with Crippen LogP contribution in [0.3, 0.4) is 0 Å². The summed E-state index contributed by atoms with van der Waals surface area (Å²) in [5, 5.41) is 5.66. The van der Waals surface area contributed by atoms with Gasteiger partial charge >= 0.3 is 0 Å². The lowest BCUT2D eigenvalue weighted by atomic mass is 9.89. The standard InChI is InChI=1S/C22H24N6O3/c1-26-21-18(11-25-26)22(30)28(13-24-21)12-20(29)27-7-5-14(6-8-27)17-10-23-19-4-3-15(31-2)9-16(17)19/h3-4,9-11,13-14,23H,5-8,12H2,1-2H3. The van der Waals surface area contributed by atoms with Gasteiger partial charge in [-0.3, -0.25) is 18.8 Å². The number of rotatable bonds is 4. The number of benzene rings is 1. The number of piperidine rings is 1. The molecule has 0 aliphatic carbocycles. The van der Waals surface area contributed by atoms with Gasteiger partial charge in [-0.05, 0) is 42.5 Å². The van der Waals surface area contributed by atoms with Gasteiger partial charge in [0.1, 0.15) is 24.0 Å². The summed E-state index contributed by atoms with van der Waals surface area (Å²) in [5.74, 6) is 1.15. The molecule has 3 aromatic heterocycles. The molecule has 9 heteroatoms. The predicted molar refractivity (Wildman–Crippen MR) is 116 cm³/mol. The highest BCUT2D eigenvalue weighted by molar-refractivity contribution is 5.85. The Morgan fingerprint density at radius 2 is 2.06 bits per heavy atom. The molecule has 0 atom stereocenters. The second-order valence-corrected chi connectivity index (χ2v) is 7.99. The SMILES string of the molecule is COc1ccc2[nH]cc(C3CCN(C(=O)Cn4cnc5c(cnn5C)c4=O)CC3)c2c1. The summed E-state index contributed by atoms with van der Waals surface area (Å²) in [6, 6.07) is 6.04. The second-order valence-electron chi connectivity index (χ2n) is 7.99. The number of carbonyl (C=O) groups excluding carboxylic acids is 1. The van der Waals surface area contributed by atoms with Gasteiger partial charge in [-0.15, -0.1) is 0 Å². The van der Waals surface area contributed by atoms with E-state index in [0.717, 1.165) is 24.1 Å². The van der Waals surface area contributed by atoms with Crippen LogP contribution in [0.25, 0.3) is 21.9 Å². The van der Waals surface area contributed by atoms with Gasteiger partial charge < -0.3 is 14.6 Å². The van der Waals surface area contributed by atoms with Gasteiger partial charge in [0.25, 0.3) is 5.56 Å². The molecule has 1 fully saturated rings. The zero-order chi connectivity index (χ0) is 21.5. The summed E-state index contributed by atoms with van der Waals surface area (Å²) in [6.45, 7) is 1.32. The number of amides is 1. The van der Waals surface area contributed by atoms with E-state index in [-0.39, 0.29) is 18.0 Å². The van der Waals surface area contributed by atoms with Gasteiger partial charge in [0.15, 0.2) is 5.65 Å². The number of nitrogens with zero attached hydrogens (tertiary/aromatic N) is 5. The Kier molecular flexibility index (Phi) is 4.72. The largest absolute Gasteiger partial charge is 0.497 e. The average Bonchev–Trinajstić information content (AvgIpc) is 3.39. The van der Waals surface area contributed by atoms with Crippen LogP contribution in [0.4, 0.5) is 0 Å². The van der Waals surface area contributed by atoms with Crippen molar-refractivity contribution in [2.45, 2.75) is 25.3 Å². The van der Waals surface area contributed by atoms with E-state index in [1.165, 1.54) is 28.0 Å². The van der Waals surface area contributed by atoms with Crippen molar-refractivity contribution < 1.29 is 9.53 Å². The summed E-state index contributed by atoms with van der Waals surface area (Å²) < 4.78 is 8.29. The van der Waals surface area contributed by atoms with Crippen LogP contribution in [0.1, 0.15) is 24.3 Å². The molecule has 1 aromatic carbocycles. The number of carbonyl (C=O) groups is 1. The van der Waals surface area contributed by atoms with Gasteiger partial charge in [0.05, 0.1) is 13.3 Å². The minimum absolute atomic E-state index is 0.00831. The van der Waals surface area contributed by atoms with Crippen molar-refractivity contribution >= 4 is 27.8 Å². The Balaban J connectivity index is 1.28. The molecule has 0 unspecified atom stereocenters. The molecule has 9 nitrogen and oxygen atoms in total. The van der Waals surface area contributed by atoms with Crippen LogP contribution in [0, 0.1) is 0 Å². The fourth-order valence-corrected chi connectivity index (χ4v) is 4.45. The van der Waals surface area contributed by atoms with Crippen LogP contribution in [0.5, 0.6) is 5.75 Å². The molecular weight excluding hydrogens is 396 g/mol. The monoisotopic (exact) mass is 420 g/mol. The predicted octanol–water partition coefficient (Wildman–Crippen LogP) is 2.03. The first kappa shape index (κ1) is 19.3. The van der Waals surface area contributed by atoms with Crippen molar-refractivity contribution in [3.63, 3.8) is 0 Å². The van der Waals surface area contributed by atoms with Gasteiger partial charge in [-0.1, -0.05) is 0 Å². The first-order valence-corrected chi connectivity index (χ1v) is 10.3. The summed E-state index contributed by atoms with van der Waals surface area (Å²) in [4.78, 5) is 34.9. The zero-order valence-electron chi connectivity index (χ0n) is 17.5. The van der Waals surface area contributed by atoms with Crippen LogP contribution in [0.2, 0.25) is 0 Å². The molecule has 0 saturated carbocycles. The maximum absolute atomic E-state index is 12.8. The lowest BCUT2D eigenvalue weighted by Gasteiger charge is -2.32. The number of fused-ring (bicyclic) bond motifs is 2.